The summed E-state index contributed by atoms with van der Waals surface area (Å²) in [5, 5.41) is 0. The summed E-state index contributed by atoms with van der Waals surface area (Å²) in [5.41, 5.74) is 3.55. The molecule has 31 heavy (non-hydrogen) atoms. The molecule has 1 aliphatic rings. The lowest BCUT2D eigenvalue weighted by atomic mass is 10.0. The van der Waals surface area contributed by atoms with E-state index in [1.54, 1.807) is 29.3 Å². The van der Waals surface area contributed by atoms with Gasteiger partial charge in [-0.1, -0.05) is 24.3 Å². The van der Waals surface area contributed by atoms with Crippen molar-refractivity contribution >= 4 is 5.91 Å². The highest BCUT2D eigenvalue weighted by Crippen LogP contribution is 2.31. The van der Waals surface area contributed by atoms with Crippen LogP contribution in [0.5, 0.6) is 11.5 Å². The van der Waals surface area contributed by atoms with Crippen molar-refractivity contribution < 1.29 is 27.4 Å². The first-order chi connectivity index (χ1) is 14.8. The highest BCUT2D eigenvalue weighted by atomic mass is 19.4. The molecule has 8 heteroatoms. The van der Waals surface area contributed by atoms with Gasteiger partial charge >= 0.3 is 6.36 Å². The van der Waals surface area contributed by atoms with Gasteiger partial charge in [-0.05, 0) is 53.9 Å². The standard InChI is InChI=1S/C23H19F3N2O3/c1-15-3-2-10-27-20(15)14-28-11-12-30-21-9-6-17(13-19(21)22(28)29)16-4-7-18(8-5-16)31-23(24,25)26/h2-10,13H,11-12,14H2,1H3. The Morgan fingerprint density at radius 1 is 1.10 bits per heavy atom. The number of hydrogen-bond donors (Lipinski definition) is 0. The average Bonchev–Trinajstić information content (AvgIpc) is 2.88. The van der Waals surface area contributed by atoms with E-state index in [0.29, 0.717) is 42.1 Å². The number of nitrogens with zero attached hydrogens (tertiary/aromatic N) is 2. The molecule has 3 aromatic rings. The molecule has 0 atom stereocenters. The fourth-order valence-electron chi connectivity index (χ4n) is 3.40. The van der Waals surface area contributed by atoms with Crippen LogP contribution in [0.3, 0.4) is 0 Å². The number of rotatable bonds is 4. The van der Waals surface area contributed by atoms with Gasteiger partial charge in [0, 0.05) is 6.20 Å². The van der Waals surface area contributed by atoms with Crippen LogP contribution in [-0.2, 0) is 6.54 Å². The van der Waals surface area contributed by atoms with Crippen LogP contribution in [-0.4, -0.2) is 35.3 Å². The van der Waals surface area contributed by atoms with Crippen LogP contribution in [0.1, 0.15) is 21.6 Å². The number of aromatic nitrogens is 1. The summed E-state index contributed by atoms with van der Waals surface area (Å²) in [6.07, 6.45) is -3.05. The molecule has 1 aliphatic heterocycles. The maximum absolute atomic E-state index is 13.2. The van der Waals surface area contributed by atoms with E-state index in [0.717, 1.165) is 11.3 Å². The van der Waals surface area contributed by atoms with E-state index < -0.39 is 6.36 Å². The first kappa shape index (κ1) is 20.7. The van der Waals surface area contributed by atoms with Crippen LogP contribution in [0.2, 0.25) is 0 Å². The van der Waals surface area contributed by atoms with Crippen LogP contribution >= 0.6 is 0 Å². The third kappa shape index (κ3) is 4.79. The van der Waals surface area contributed by atoms with E-state index in [2.05, 4.69) is 9.72 Å². The average molecular weight is 428 g/mol. The van der Waals surface area contributed by atoms with Gasteiger partial charge < -0.3 is 14.4 Å². The number of alkyl halides is 3. The quantitative estimate of drug-likeness (QED) is 0.588. The van der Waals surface area contributed by atoms with Crippen LogP contribution in [0.4, 0.5) is 13.2 Å². The number of benzene rings is 2. The van der Waals surface area contributed by atoms with Gasteiger partial charge in [0.1, 0.15) is 18.1 Å². The Labute approximate surface area is 177 Å². The predicted octanol–water partition coefficient (Wildman–Crippen LogP) is 4.99. The normalized spacial score (nSPS) is 13.9. The van der Waals surface area contributed by atoms with Gasteiger partial charge in [-0.25, -0.2) is 0 Å². The molecule has 160 valence electrons. The largest absolute Gasteiger partial charge is 0.573 e. The Kier molecular flexibility index (Phi) is 5.54. The third-order valence-corrected chi connectivity index (χ3v) is 5.00. The Morgan fingerprint density at radius 2 is 1.84 bits per heavy atom. The number of carbonyl (C=O) groups is 1. The summed E-state index contributed by atoms with van der Waals surface area (Å²) in [6, 6.07) is 14.5. The van der Waals surface area contributed by atoms with Gasteiger partial charge in [0.25, 0.3) is 5.91 Å². The van der Waals surface area contributed by atoms with E-state index in [1.165, 1.54) is 24.3 Å². The molecular formula is C23H19F3N2O3. The molecule has 0 saturated carbocycles. The predicted molar refractivity (Wildman–Crippen MR) is 108 cm³/mol. The second kappa shape index (κ2) is 8.29. The minimum absolute atomic E-state index is 0.184. The van der Waals surface area contributed by atoms with Crippen molar-refractivity contribution in [3.8, 4) is 22.6 Å². The molecular weight excluding hydrogens is 409 g/mol. The highest BCUT2D eigenvalue weighted by Gasteiger charge is 2.31. The lowest BCUT2D eigenvalue weighted by molar-refractivity contribution is -0.274. The van der Waals surface area contributed by atoms with Crippen LogP contribution in [0.15, 0.2) is 60.8 Å². The smallest absolute Gasteiger partial charge is 0.491 e. The third-order valence-electron chi connectivity index (χ3n) is 5.00. The van der Waals surface area contributed by atoms with E-state index in [9.17, 15) is 18.0 Å². The summed E-state index contributed by atoms with van der Waals surface area (Å²) in [7, 11) is 0. The maximum Gasteiger partial charge on any atom is 0.573 e. The SMILES string of the molecule is Cc1cccnc1CN1CCOc2ccc(-c3ccc(OC(F)(F)F)cc3)cc2C1=O. The number of aryl methyl sites for hydroxylation is 1. The van der Waals surface area contributed by atoms with E-state index in [4.69, 9.17) is 4.74 Å². The van der Waals surface area contributed by atoms with Gasteiger partial charge in [0.2, 0.25) is 0 Å². The Balaban J connectivity index is 1.60. The number of fused-ring (bicyclic) bond motifs is 1. The summed E-state index contributed by atoms with van der Waals surface area (Å²) in [6.45, 7) is 3.08. The molecule has 0 unspecified atom stereocenters. The zero-order valence-corrected chi connectivity index (χ0v) is 16.6. The molecule has 4 rings (SSSR count). The molecule has 5 nitrogen and oxygen atoms in total. The zero-order valence-electron chi connectivity index (χ0n) is 16.6. The van der Waals surface area contributed by atoms with Gasteiger partial charge in [0.15, 0.2) is 0 Å². The molecule has 0 aliphatic carbocycles. The first-order valence-electron chi connectivity index (χ1n) is 9.63. The van der Waals surface area contributed by atoms with Crippen molar-refractivity contribution in [1.82, 2.24) is 9.88 Å². The van der Waals surface area contributed by atoms with Gasteiger partial charge in [-0.2, -0.15) is 0 Å². The second-order valence-electron chi connectivity index (χ2n) is 7.13. The fraction of sp³-hybridized carbons (Fsp3) is 0.217. The Morgan fingerprint density at radius 3 is 2.55 bits per heavy atom. The Hall–Kier alpha value is -3.55. The van der Waals surface area contributed by atoms with Crippen molar-refractivity contribution in [3.63, 3.8) is 0 Å². The number of ether oxygens (including phenoxy) is 2. The topological polar surface area (TPSA) is 51.7 Å². The lowest BCUT2D eigenvalue weighted by Crippen LogP contribution is -2.32. The number of amides is 1. The molecule has 0 radical (unpaired) electrons. The van der Waals surface area contributed by atoms with Crippen molar-refractivity contribution in [3.05, 3.63) is 77.6 Å². The van der Waals surface area contributed by atoms with Gasteiger partial charge in [-0.15, -0.1) is 13.2 Å². The molecule has 0 bridgehead atoms. The lowest BCUT2D eigenvalue weighted by Gasteiger charge is -2.20. The summed E-state index contributed by atoms with van der Waals surface area (Å²) >= 11 is 0. The van der Waals surface area contributed by atoms with Crippen molar-refractivity contribution in [2.75, 3.05) is 13.2 Å². The van der Waals surface area contributed by atoms with E-state index in [-0.39, 0.29) is 11.7 Å². The van der Waals surface area contributed by atoms with Crippen molar-refractivity contribution in [1.29, 1.82) is 0 Å². The monoisotopic (exact) mass is 428 g/mol. The number of pyridine rings is 1. The fourth-order valence-corrected chi connectivity index (χ4v) is 3.40. The zero-order chi connectivity index (χ0) is 22.0. The van der Waals surface area contributed by atoms with Crippen LogP contribution < -0.4 is 9.47 Å². The summed E-state index contributed by atoms with van der Waals surface area (Å²) < 4.78 is 46.8. The molecule has 2 aromatic carbocycles. The van der Waals surface area contributed by atoms with Crippen LogP contribution in [0, 0.1) is 6.92 Å². The molecule has 0 fully saturated rings. The highest BCUT2D eigenvalue weighted by molar-refractivity contribution is 5.98. The van der Waals surface area contributed by atoms with E-state index in [1.807, 2.05) is 19.1 Å². The second-order valence-corrected chi connectivity index (χ2v) is 7.13. The minimum Gasteiger partial charge on any atom is -0.491 e. The summed E-state index contributed by atoms with van der Waals surface area (Å²) in [4.78, 5) is 19.3. The molecule has 2 heterocycles. The maximum atomic E-state index is 13.2. The molecule has 0 spiro atoms. The molecule has 1 amide bonds. The first-order valence-corrected chi connectivity index (χ1v) is 9.63. The van der Waals surface area contributed by atoms with Crippen molar-refractivity contribution in [2.45, 2.75) is 19.8 Å². The Bertz CT molecular complexity index is 1100. The van der Waals surface area contributed by atoms with Gasteiger partial charge in [-0.3, -0.25) is 9.78 Å². The van der Waals surface area contributed by atoms with E-state index >= 15 is 0 Å². The molecule has 1 aromatic heterocycles. The van der Waals surface area contributed by atoms with Gasteiger partial charge in [0.05, 0.1) is 24.3 Å². The minimum atomic E-state index is -4.75. The van der Waals surface area contributed by atoms with Crippen LogP contribution in [0.25, 0.3) is 11.1 Å². The number of carbonyl (C=O) groups excluding carboxylic acids is 1. The molecule has 0 saturated heterocycles. The van der Waals surface area contributed by atoms with Crippen molar-refractivity contribution in [2.24, 2.45) is 0 Å². The number of halogens is 3. The summed E-state index contributed by atoms with van der Waals surface area (Å²) in [5.74, 6) is -0.00947. The molecule has 0 N–H and O–H groups in total. The number of hydrogen-bond acceptors (Lipinski definition) is 4.